The van der Waals surface area contributed by atoms with Crippen molar-refractivity contribution in [2.75, 3.05) is 0 Å². The molecule has 2 atom stereocenters. The van der Waals surface area contributed by atoms with E-state index in [2.05, 4.69) is 0 Å². The van der Waals surface area contributed by atoms with Crippen LogP contribution in [0, 0.1) is 13.8 Å². The maximum atomic E-state index is 14.2. The van der Waals surface area contributed by atoms with E-state index >= 15 is 0 Å². The lowest BCUT2D eigenvalue weighted by Gasteiger charge is -2.21. The van der Waals surface area contributed by atoms with E-state index in [4.69, 9.17) is 4.74 Å². The Morgan fingerprint density at radius 2 is 1.35 bits per heavy atom. The van der Waals surface area contributed by atoms with Crippen LogP contribution in [0.25, 0.3) is 0 Å². The zero-order chi connectivity index (χ0) is 24.7. The number of carbonyl (C=O) groups excluding carboxylic acids is 1. The smallest absolute Gasteiger partial charge is 0.450 e. The second-order valence-electron chi connectivity index (χ2n) is 8.16. The van der Waals surface area contributed by atoms with Crippen LogP contribution in [0.4, 0.5) is 13.2 Å². The Hall–Kier alpha value is -3.39. The van der Waals surface area contributed by atoms with Crippen LogP contribution < -0.4 is 0 Å². The average molecular weight is 487 g/mol. The lowest BCUT2D eigenvalue weighted by atomic mass is 9.89. The van der Waals surface area contributed by atoms with E-state index in [1.165, 1.54) is 48.5 Å². The van der Waals surface area contributed by atoms with Gasteiger partial charge in [-0.15, -0.1) is 0 Å². The van der Waals surface area contributed by atoms with Crippen LogP contribution in [0.15, 0.2) is 94.4 Å². The number of benzene rings is 3. The zero-order valence-corrected chi connectivity index (χ0v) is 19.2. The van der Waals surface area contributed by atoms with E-state index in [1.807, 2.05) is 0 Å². The summed E-state index contributed by atoms with van der Waals surface area (Å²) in [4.78, 5) is 12.1. The molecular weight excluding hydrogens is 465 g/mol. The molecule has 0 amide bonds. The van der Waals surface area contributed by atoms with Gasteiger partial charge >= 0.3 is 6.18 Å². The first-order valence-electron chi connectivity index (χ1n) is 10.5. The maximum absolute atomic E-state index is 14.2. The standard InChI is InChI=1S/C26H21F3O4S/c1-16-8-12-18(13-9-16)21-23(22(30)19-6-4-3-5-7-19)33-25(26(27,28)29)24(21)34(31,32)20-14-10-17(2)11-15-20/h3-15,21,23H,1-2H3. The number of Topliss-reactive ketones (excluding diaryl/α,β-unsaturated/α-hetero) is 1. The van der Waals surface area contributed by atoms with E-state index in [9.17, 15) is 26.4 Å². The molecule has 4 rings (SSSR count). The number of ketones is 1. The molecule has 3 aromatic rings. The largest absolute Gasteiger partial charge is 0.475 e. The third-order valence-corrected chi connectivity index (χ3v) is 7.60. The first kappa shape index (κ1) is 23.8. The van der Waals surface area contributed by atoms with Crippen molar-refractivity contribution < 1.29 is 31.1 Å². The van der Waals surface area contributed by atoms with Crippen LogP contribution in [0.2, 0.25) is 0 Å². The number of sulfone groups is 1. The van der Waals surface area contributed by atoms with Crippen LogP contribution in [0.1, 0.15) is 33.0 Å². The fourth-order valence-electron chi connectivity index (χ4n) is 3.94. The van der Waals surface area contributed by atoms with Crippen LogP contribution in [0.3, 0.4) is 0 Å². The van der Waals surface area contributed by atoms with Gasteiger partial charge in [0.25, 0.3) is 0 Å². The third-order valence-electron chi connectivity index (χ3n) is 5.69. The lowest BCUT2D eigenvalue weighted by molar-refractivity contribution is -0.131. The summed E-state index contributed by atoms with van der Waals surface area (Å²) in [5, 5.41) is 0. The monoisotopic (exact) mass is 486 g/mol. The molecule has 1 aliphatic heterocycles. The van der Waals surface area contributed by atoms with Crippen molar-refractivity contribution in [2.45, 2.75) is 36.9 Å². The molecule has 0 saturated heterocycles. The highest BCUT2D eigenvalue weighted by atomic mass is 32.2. The van der Waals surface area contributed by atoms with E-state index in [-0.39, 0.29) is 16.0 Å². The first-order valence-corrected chi connectivity index (χ1v) is 11.9. The number of ether oxygens (including phenoxy) is 1. The molecule has 4 nitrogen and oxygen atoms in total. The molecule has 176 valence electrons. The Labute approximate surface area is 195 Å². The summed E-state index contributed by atoms with van der Waals surface area (Å²) in [6, 6.07) is 19.6. The minimum Gasteiger partial charge on any atom is -0.475 e. The summed E-state index contributed by atoms with van der Waals surface area (Å²) in [5.41, 5.74) is 1.94. The van der Waals surface area contributed by atoms with Crippen molar-refractivity contribution in [1.82, 2.24) is 0 Å². The van der Waals surface area contributed by atoms with Crippen LogP contribution >= 0.6 is 0 Å². The summed E-state index contributed by atoms with van der Waals surface area (Å²) in [7, 11) is -4.66. The van der Waals surface area contributed by atoms with Gasteiger partial charge in [-0.25, -0.2) is 8.42 Å². The van der Waals surface area contributed by atoms with E-state index < -0.39 is 44.5 Å². The molecule has 8 heteroatoms. The molecule has 3 aromatic carbocycles. The van der Waals surface area contributed by atoms with Gasteiger partial charge in [0.05, 0.1) is 10.8 Å². The number of rotatable bonds is 5. The Morgan fingerprint density at radius 1 is 0.824 bits per heavy atom. The first-order chi connectivity index (χ1) is 16.0. The molecule has 0 N–H and O–H groups in total. The van der Waals surface area contributed by atoms with Gasteiger partial charge in [0.1, 0.15) is 4.91 Å². The molecule has 0 saturated carbocycles. The molecule has 0 radical (unpaired) electrons. The number of allylic oxidation sites excluding steroid dienone is 1. The van der Waals surface area contributed by atoms with Gasteiger partial charge in [-0.05, 0) is 31.5 Å². The van der Waals surface area contributed by atoms with E-state index in [0.29, 0.717) is 0 Å². The van der Waals surface area contributed by atoms with Gasteiger partial charge in [0.15, 0.2) is 6.10 Å². The van der Waals surface area contributed by atoms with Gasteiger partial charge in [0, 0.05) is 5.56 Å². The second-order valence-corrected chi connectivity index (χ2v) is 10.1. The van der Waals surface area contributed by atoms with Gasteiger partial charge in [0.2, 0.25) is 21.4 Å². The van der Waals surface area contributed by atoms with Gasteiger partial charge in [-0.1, -0.05) is 77.9 Å². The molecule has 1 heterocycles. The maximum Gasteiger partial charge on any atom is 0.450 e. The van der Waals surface area contributed by atoms with Crippen molar-refractivity contribution in [2.24, 2.45) is 0 Å². The minimum atomic E-state index is -5.12. The molecular formula is C26H21F3O4S. The zero-order valence-electron chi connectivity index (χ0n) is 18.3. The number of hydrogen-bond donors (Lipinski definition) is 0. The minimum absolute atomic E-state index is 0.125. The highest BCUT2D eigenvalue weighted by molar-refractivity contribution is 7.95. The number of alkyl halides is 3. The SMILES string of the molecule is Cc1ccc(C2C(S(=O)(=O)c3ccc(C)cc3)=C(C(F)(F)F)OC2C(=O)c2ccccc2)cc1. The number of halogens is 3. The average Bonchev–Trinajstić information content (AvgIpc) is 3.22. The predicted octanol–water partition coefficient (Wildman–Crippen LogP) is 5.92. The normalized spacial score (nSPS) is 18.6. The number of hydrogen-bond acceptors (Lipinski definition) is 4. The highest BCUT2D eigenvalue weighted by Gasteiger charge is 2.55. The van der Waals surface area contributed by atoms with Crippen molar-refractivity contribution in [3.63, 3.8) is 0 Å². The Kier molecular flexibility index (Phi) is 6.12. The third kappa shape index (κ3) is 4.37. The molecule has 0 bridgehead atoms. The molecule has 0 aliphatic carbocycles. The molecule has 0 aromatic heterocycles. The predicted molar refractivity (Wildman–Crippen MR) is 121 cm³/mol. The quantitative estimate of drug-likeness (QED) is 0.420. The van der Waals surface area contributed by atoms with Crippen molar-refractivity contribution >= 4 is 15.6 Å². The van der Waals surface area contributed by atoms with Gasteiger partial charge in [-0.3, -0.25) is 4.79 Å². The highest BCUT2D eigenvalue weighted by Crippen LogP contribution is 2.49. The summed E-state index contributed by atoms with van der Waals surface area (Å²) in [6.07, 6.45) is -6.82. The Balaban J connectivity index is 1.96. The fourth-order valence-corrected chi connectivity index (χ4v) is 5.69. The number of aryl methyl sites for hydroxylation is 2. The molecule has 0 fully saturated rings. The summed E-state index contributed by atoms with van der Waals surface area (Å²) < 4.78 is 74.9. The second kappa shape index (κ2) is 8.76. The van der Waals surface area contributed by atoms with E-state index in [1.54, 1.807) is 44.2 Å². The Morgan fingerprint density at radius 3 is 1.88 bits per heavy atom. The van der Waals surface area contributed by atoms with Gasteiger partial charge in [-0.2, -0.15) is 13.2 Å². The Bertz CT molecular complexity index is 1340. The van der Waals surface area contributed by atoms with Crippen molar-refractivity contribution in [1.29, 1.82) is 0 Å². The summed E-state index contributed by atoms with van der Waals surface area (Å²) in [6.45, 7) is 3.53. The molecule has 2 unspecified atom stereocenters. The van der Waals surface area contributed by atoms with Crippen LogP contribution in [0.5, 0.6) is 0 Å². The van der Waals surface area contributed by atoms with Crippen LogP contribution in [-0.4, -0.2) is 26.5 Å². The molecule has 1 aliphatic rings. The van der Waals surface area contributed by atoms with Crippen molar-refractivity contribution in [3.8, 4) is 0 Å². The van der Waals surface area contributed by atoms with Gasteiger partial charge < -0.3 is 4.74 Å². The fraction of sp³-hybridized carbons (Fsp3) is 0.192. The summed E-state index contributed by atoms with van der Waals surface area (Å²) in [5.74, 6) is -3.87. The summed E-state index contributed by atoms with van der Waals surface area (Å²) >= 11 is 0. The molecule has 0 spiro atoms. The lowest BCUT2D eigenvalue weighted by Crippen LogP contribution is -2.29. The topological polar surface area (TPSA) is 60.4 Å². The van der Waals surface area contributed by atoms with E-state index in [0.717, 1.165) is 11.1 Å². The van der Waals surface area contributed by atoms with Crippen LogP contribution in [-0.2, 0) is 14.6 Å². The van der Waals surface area contributed by atoms with Crippen molar-refractivity contribution in [3.05, 3.63) is 112 Å². The number of carbonyl (C=O) groups is 1. The molecule has 34 heavy (non-hydrogen) atoms.